The van der Waals surface area contributed by atoms with Crippen molar-refractivity contribution in [2.45, 2.75) is 45.4 Å². The van der Waals surface area contributed by atoms with E-state index in [0.717, 1.165) is 30.9 Å². The Bertz CT molecular complexity index is 392. The maximum Gasteiger partial charge on any atom is 0.119 e. The molecule has 4 heteroatoms. The van der Waals surface area contributed by atoms with Gasteiger partial charge in [-0.25, -0.2) is 0 Å². The van der Waals surface area contributed by atoms with Gasteiger partial charge in [-0.1, -0.05) is 44.8 Å². The molecule has 0 fully saturated rings. The van der Waals surface area contributed by atoms with E-state index in [0.29, 0.717) is 11.6 Å². The smallest absolute Gasteiger partial charge is 0.119 e. The minimum atomic E-state index is 0.411. The maximum absolute atomic E-state index is 5.64. The molecule has 0 saturated carbocycles. The van der Waals surface area contributed by atoms with Crippen LogP contribution in [0.1, 0.15) is 51.0 Å². The van der Waals surface area contributed by atoms with Crippen molar-refractivity contribution in [3.63, 3.8) is 0 Å². The van der Waals surface area contributed by atoms with Gasteiger partial charge in [0, 0.05) is 25.2 Å². The monoisotopic (exact) mass is 309 g/mol. The second-order valence-corrected chi connectivity index (χ2v) is 5.56. The van der Waals surface area contributed by atoms with Crippen molar-refractivity contribution in [2.24, 2.45) is 5.73 Å². The number of unbranched alkanes of at least 4 members (excludes halogenated alkanes) is 4. The molecule has 0 aliphatic heterocycles. The van der Waals surface area contributed by atoms with E-state index in [9.17, 15) is 0 Å². The highest BCUT2D eigenvalue weighted by Crippen LogP contribution is 2.12. The molecule has 0 aromatic heterocycles. The SMILES string of the molecule is CCCCCCCOCCCOc1ccc(C(N)=S)cc1. The third-order valence-electron chi connectivity index (χ3n) is 3.23. The Balaban J connectivity index is 1.98. The predicted octanol–water partition coefficient (Wildman–Crippen LogP) is 4.08. The van der Waals surface area contributed by atoms with Crippen LogP contribution < -0.4 is 10.5 Å². The highest BCUT2D eigenvalue weighted by atomic mass is 32.1. The molecule has 2 N–H and O–H groups in total. The summed E-state index contributed by atoms with van der Waals surface area (Å²) in [6.07, 6.45) is 7.30. The zero-order valence-corrected chi connectivity index (χ0v) is 13.8. The molecule has 1 aromatic carbocycles. The van der Waals surface area contributed by atoms with Gasteiger partial charge in [-0.3, -0.25) is 0 Å². The minimum absolute atomic E-state index is 0.411. The molecule has 0 atom stereocenters. The fraction of sp³-hybridized carbons (Fsp3) is 0.588. The molecule has 0 unspecified atom stereocenters. The van der Waals surface area contributed by atoms with Crippen molar-refractivity contribution in [1.82, 2.24) is 0 Å². The van der Waals surface area contributed by atoms with Crippen molar-refractivity contribution in [2.75, 3.05) is 19.8 Å². The Labute approximate surface area is 133 Å². The molecule has 21 heavy (non-hydrogen) atoms. The molecule has 1 rings (SSSR count). The summed E-state index contributed by atoms with van der Waals surface area (Å²) in [5.74, 6) is 0.842. The summed E-state index contributed by atoms with van der Waals surface area (Å²) in [5, 5.41) is 0. The minimum Gasteiger partial charge on any atom is -0.494 e. The molecule has 0 heterocycles. The maximum atomic E-state index is 5.64. The predicted molar refractivity (Wildman–Crippen MR) is 92.0 cm³/mol. The van der Waals surface area contributed by atoms with E-state index in [4.69, 9.17) is 27.4 Å². The van der Waals surface area contributed by atoms with Crippen LogP contribution in [0.5, 0.6) is 5.75 Å². The molecule has 1 aromatic rings. The Kier molecular flexibility index (Phi) is 9.83. The molecule has 0 saturated heterocycles. The van der Waals surface area contributed by atoms with Crippen LogP contribution >= 0.6 is 12.2 Å². The Morgan fingerprint density at radius 2 is 1.62 bits per heavy atom. The number of rotatable bonds is 12. The molecular formula is C17H27NO2S. The summed E-state index contributed by atoms with van der Waals surface area (Å²) < 4.78 is 11.2. The Morgan fingerprint density at radius 1 is 0.952 bits per heavy atom. The van der Waals surface area contributed by atoms with Crippen molar-refractivity contribution in [3.05, 3.63) is 29.8 Å². The molecule has 0 aliphatic rings. The van der Waals surface area contributed by atoms with Crippen LogP contribution in [0.3, 0.4) is 0 Å². The third kappa shape index (κ3) is 8.68. The van der Waals surface area contributed by atoms with E-state index >= 15 is 0 Å². The van der Waals surface area contributed by atoms with Gasteiger partial charge in [0.25, 0.3) is 0 Å². The van der Waals surface area contributed by atoms with E-state index in [2.05, 4.69) is 6.92 Å². The molecular weight excluding hydrogens is 282 g/mol. The van der Waals surface area contributed by atoms with Crippen molar-refractivity contribution in [3.8, 4) is 5.75 Å². The second-order valence-electron chi connectivity index (χ2n) is 5.12. The zero-order valence-electron chi connectivity index (χ0n) is 13.0. The van der Waals surface area contributed by atoms with Gasteiger partial charge >= 0.3 is 0 Å². The molecule has 118 valence electrons. The van der Waals surface area contributed by atoms with E-state index in [-0.39, 0.29) is 0 Å². The largest absolute Gasteiger partial charge is 0.494 e. The van der Waals surface area contributed by atoms with Crippen molar-refractivity contribution >= 4 is 17.2 Å². The van der Waals surface area contributed by atoms with Gasteiger partial charge in [0.05, 0.1) is 6.61 Å². The van der Waals surface area contributed by atoms with Crippen LogP contribution in [0.2, 0.25) is 0 Å². The lowest BCUT2D eigenvalue weighted by Gasteiger charge is -2.07. The van der Waals surface area contributed by atoms with Gasteiger partial charge in [-0.05, 0) is 30.7 Å². The first-order chi connectivity index (χ1) is 10.2. The van der Waals surface area contributed by atoms with Gasteiger partial charge < -0.3 is 15.2 Å². The number of nitrogens with two attached hydrogens (primary N) is 1. The number of thiocarbonyl (C=S) groups is 1. The Morgan fingerprint density at radius 3 is 2.29 bits per heavy atom. The fourth-order valence-corrected chi connectivity index (χ4v) is 2.11. The van der Waals surface area contributed by atoms with Gasteiger partial charge in [0.15, 0.2) is 0 Å². The average molecular weight is 309 g/mol. The highest BCUT2D eigenvalue weighted by Gasteiger charge is 1.98. The normalized spacial score (nSPS) is 10.5. The summed E-state index contributed by atoms with van der Waals surface area (Å²) in [7, 11) is 0. The standard InChI is InChI=1S/C17H27NO2S/c1-2-3-4-5-6-12-19-13-7-14-20-16-10-8-15(9-11-16)17(18)21/h8-11H,2-7,12-14H2,1H3,(H2,18,21). The first kappa shape index (κ1) is 17.9. The van der Waals surface area contributed by atoms with Crippen LogP contribution in [0.4, 0.5) is 0 Å². The van der Waals surface area contributed by atoms with E-state index in [1.807, 2.05) is 24.3 Å². The lowest BCUT2D eigenvalue weighted by atomic mass is 10.2. The lowest BCUT2D eigenvalue weighted by Crippen LogP contribution is -2.09. The van der Waals surface area contributed by atoms with Crippen LogP contribution in [0.15, 0.2) is 24.3 Å². The first-order valence-electron chi connectivity index (χ1n) is 7.84. The summed E-state index contributed by atoms with van der Waals surface area (Å²) in [6, 6.07) is 7.54. The van der Waals surface area contributed by atoms with Crippen LogP contribution in [-0.2, 0) is 4.74 Å². The Hall–Kier alpha value is -1.13. The highest BCUT2D eigenvalue weighted by molar-refractivity contribution is 7.80. The number of ether oxygens (including phenoxy) is 2. The summed E-state index contributed by atoms with van der Waals surface area (Å²) in [6.45, 7) is 4.53. The molecule has 0 bridgehead atoms. The molecule has 0 radical (unpaired) electrons. The fourth-order valence-electron chi connectivity index (χ4n) is 1.98. The van der Waals surface area contributed by atoms with E-state index < -0.39 is 0 Å². The van der Waals surface area contributed by atoms with Gasteiger partial charge in [-0.2, -0.15) is 0 Å². The van der Waals surface area contributed by atoms with Gasteiger partial charge in [-0.15, -0.1) is 0 Å². The average Bonchev–Trinajstić information content (AvgIpc) is 2.49. The van der Waals surface area contributed by atoms with Crippen molar-refractivity contribution in [1.29, 1.82) is 0 Å². The van der Waals surface area contributed by atoms with Crippen molar-refractivity contribution < 1.29 is 9.47 Å². The third-order valence-corrected chi connectivity index (χ3v) is 3.47. The molecule has 0 spiro atoms. The summed E-state index contributed by atoms with van der Waals surface area (Å²) in [5.41, 5.74) is 6.41. The van der Waals surface area contributed by atoms with E-state index in [1.165, 1.54) is 32.1 Å². The first-order valence-corrected chi connectivity index (χ1v) is 8.25. The quantitative estimate of drug-likeness (QED) is 0.467. The van der Waals surface area contributed by atoms with E-state index in [1.54, 1.807) is 0 Å². The number of hydrogen-bond donors (Lipinski definition) is 1. The van der Waals surface area contributed by atoms with Crippen LogP contribution in [-0.4, -0.2) is 24.8 Å². The molecule has 0 aliphatic carbocycles. The topological polar surface area (TPSA) is 44.5 Å². The van der Waals surface area contributed by atoms with Crippen LogP contribution in [0.25, 0.3) is 0 Å². The van der Waals surface area contributed by atoms with Crippen LogP contribution in [0, 0.1) is 0 Å². The summed E-state index contributed by atoms with van der Waals surface area (Å²) >= 11 is 4.91. The lowest BCUT2D eigenvalue weighted by molar-refractivity contribution is 0.116. The summed E-state index contributed by atoms with van der Waals surface area (Å²) in [4.78, 5) is 0.411. The number of benzene rings is 1. The molecule has 3 nitrogen and oxygen atoms in total. The zero-order chi connectivity index (χ0) is 15.3. The molecule has 0 amide bonds. The van der Waals surface area contributed by atoms with Gasteiger partial charge in [0.2, 0.25) is 0 Å². The van der Waals surface area contributed by atoms with Gasteiger partial charge in [0.1, 0.15) is 10.7 Å². The number of hydrogen-bond acceptors (Lipinski definition) is 3. The second kappa shape index (κ2) is 11.5.